The summed E-state index contributed by atoms with van der Waals surface area (Å²) in [6, 6.07) is 20.0. The third kappa shape index (κ3) is 2.06. The Kier molecular flexibility index (Phi) is 2.85. The molecule has 4 rings (SSSR count). The lowest BCUT2D eigenvalue weighted by atomic mass is 9.87. The zero-order valence-corrected chi connectivity index (χ0v) is 12.7. The van der Waals surface area contributed by atoms with Gasteiger partial charge in [-0.2, -0.15) is 0 Å². The minimum absolute atomic E-state index is 0.777. The second-order valence-electron chi connectivity index (χ2n) is 6.29. The number of benzene rings is 3. The molecule has 0 unspecified atom stereocenters. The van der Waals surface area contributed by atoms with E-state index >= 15 is 0 Å². The largest absolute Gasteiger partial charge is 0.0616 e. The van der Waals surface area contributed by atoms with Crippen molar-refractivity contribution in [3.8, 4) is 11.1 Å². The van der Waals surface area contributed by atoms with Gasteiger partial charge in [0.15, 0.2) is 0 Å². The van der Waals surface area contributed by atoms with Gasteiger partial charge in [0.1, 0.15) is 0 Å². The Morgan fingerprint density at radius 2 is 1.57 bits per heavy atom. The van der Waals surface area contributed by atoms with Gasteiger partial charge in [-0.15, -0.1) is 0 Å². The van der Waals surface area contributed by atoms with E-state index in [4.69, 9.17) is 0 Å². The van der Waals surface area contributed by atoms with Crippen LogP contribution in [-0.2, 0) is 0 Å². The Morgan fingerprint density at radius 1 is 0.762 bits per heavy atom. The van der Waals surface area contributed by atoms with E-state index in [2.05, 4.69) is 68.4 Å². The van der Waals surface area contributed by atoms with Crippen LogP contribution in [0.25, 0.3) is 21.9 Å². The van der Waals surface area contributed by atoms with Crippen molar-refractivity contribution in [1.82, 2.24) is 0 Å². The third-order valence-corrected chi connectivity index (χ3v) is 4.72. The van der Waals surface area contributed by atoms with Crippen molar-refractivity contribution in [3.05, 3.63) is 71.3 Å². The molecule has 0 N–H and O–H groups in total. The highest BCUT2D eigenvalue weighted by Crippen LogP contribution is 2.47. The molecule has 104 valence electrons. The molecule has 0 radical (unpaired) electrons. The maximum Gasteiger partial charge on any atom is -0.00731 e. The molecule has 1 aliphatic carbocycles. The van der Waals surface area contributed by atoms with Gasteiger partial charge < -0.3 is 0 Å². The van der Waals surface area contributed by atoms with Crippen LogP contribution in [0, 0.1) is 13.8 Å². The molecule has 0 heteroatoms. The van der Waals surface area contributed by atoms with Crippen molar-refractivity contribution in [3.63, 3.8) is 0 Å². The minimum atomic E-state index is 0.777. The predicted octanol–water partition coefficient (Wildman–Crippen LogP) is 6.00. The average Bonchev–Trinajstić information content (AvgIpc) is 3.31. The zero-order chi connectivity index (χ0) is 14.4. The molecule has 0 atom stereocenters. The fraction of sp³-hybridized carbons (Fsp3) is 0.238. The highest BCUT2D eigenvalue weighted by atomic mass is 14.3. The molecule has 3 aromatic carbocycles. The number of aryl methyl sites for hydroxylation is 2. The van der Waals surface area contributed by atoms with E-state index in [9.17, 15) is 0 Å². The van der Waals surface area contributed by atoms with E-state index in [1.165, 1.54) is 45.9 Å². The molecule has 3 aromatic rings. The molecule has 0 spiro atoms. The molecule has 0 nitrogen and oxygen atoms in total. The first kappa shape index (κ1) is 12.6. The maximum absolute atomic E-state index is 2.31. The highest BCUT2D eigenvalue weighted by Gasteiger charge is 2.28. The van der Waals surface area contributed by atoms with Crippen molar-refractivity contribution in [2.75, 3.05) is 0 Å². The van der Waals surface area contributed by atoms with Crippen LogP contribution in [0.15, 0.2) is 54.6 Å². The van der Waals surface area contributed by atoms with Gasteiger partial charge in [-0.25, -0.2) is 0 Å². The van der Waals surface area contributed by atoms with Crippen molar-refractivity contribution < 1.29 is 0 Å². The summed E-state index contributed by atoms with van der Waals surface area (Å²) in [4.78, 5) is 0. The van der Waals surface area contributed by atoms with Crippen molar-refractivity contribution in [2.45, 2.75) is 32.6 Å². The summed E-state index contributed by atoms with van der Waals surface area (Å²) < 4.78 is 0. The second-order valence-corrected chi connectivity index (χ2v) is 6.29. The summed E-state index contributed by atoms with van der Waals surface area (Å²) in [7, 11) is 0. The molecule has 1 saturated carbocycles. The molecule has 0 aliphatic heterocycles. The summed E-state index contributed by atoms with van der Waals surface area (Å²) in [5.74, 6) is 0.777. The molecular formula is C21H20. The fourth-order valence-corrected chi connectivity index (χ4v) is 3.55. The van der Waals surface area contributed by atoms with E-state index in [-0.39, 0.29) is 0 Å². The summed E-state index contributed by atoms with van der Waals surface area (Å²) in [5, 5.41) is 2.71. The van der Waals surface area contributed by atoms with Crippen LogP contribution in [-0.4, -0.2) is 0 Å². The zero-order valence-electron chi connectivity index (χ0n) is 12.7. The summed E-state index contributed by atoms with van der Waals surface area (Å²) in [6.07, 6.45) is 2.70. The second kappa shape index (κ2) is 4.73. The van der Waals surface area contributed by atoms with Crippen molar-refractivity contribution in [2.24, 2.45) is 0 Å². The molecule has 0 heterocycles. The normalized spacial score (nSPS) is 14.6. The van der Waals surface area contributed by atoms with Gasteiger partial charge in [0.05, 0.1) is 0 Å². The van der Waals surface area contributed by atoms with Crippen molar-refractivity contribution >= 4 is 10.8 Å². The maximum atomic E-state index is 2.31. The van der Waals surface area contributed by atoms with Gasteiger partial charge in [0.2, 0.25) is 0 Å². The first-order valence-corrected chi connectivity index (χ1v) is 7.84. The monoisotopic (exact) mass is 272 g/mol. The summed E-state index contributed by atoms with van der Waals surface area (Å²) in [6.45, 7) is 4.50. The van der Waals surface area contributed by atoms with Gasteiger partial charge in [-0.1, -0.05) is 54.6 Å². The Balaban J connectivity index is 2.07. The Morgan fingerprint density at radius 3 is 2.38 bits per heavy atom. The van der Waals surface area contributed by atoms with Gasteiger partial charge in [0.25, 0.3) is 0 Å². The average molecular weight is 272 g/mol. The van der Waals surface area contributed by atoms with E-state index in [0.717, 1.165) is 5.92 Å². The van der Waals surface area contributed by atoms with Gasteiger partial charge in [-0.3, -0.25) is 0 Å². The lowest BCUT2D eigenvalue weighted by Crippen LogP contribution is -1.94. The molecule has 0 amide bonds. The molecule has 0 bridgehead atoms. The van der Waals surface area contributed by atoms with Crippen LogP contribution >= 0.6 is 0 Å². The molecule has 21 heavy (non-hydrogen) atoms. The first-order chi connectivity index (χ1) is 10.3. The topological polar surface area (TPSA) is 0 Å². The number of hydrogen-bond donors (Lipinski definition) is 0. The lowest BCUT2D eigenvalue weighted by Gasteiger charge is -2.16. The SMILES string of the molecule is Cc1cccc(-c2c(C)ccc3ccccc23)c1C1CC1. The Bertz CT molecular complexity index is 823. The van der Waals surface area contributed by atoms with Gasteiger partial charge in [-0.05, 0) is 71.2 Å². The number of rotatable bonds is 2. The van der Waals surface area contributed by atoms with Crippen LogP contribution in [0.2, 0.25) is 0 Å². The van der Waals surface area contributed by atoms with Crippen LogP contribution in [0.3, 0.4) is 0 Å². The van der Waals surface area contributed by atoms with Crippen LogP contribution < -0.4 is 0 Å². The van der Waals surface area contributed by atoms with Crippen molar-refractivity contribution in [1.29, 1.82) is 0 Å². The van der Waals surface area contributed by atoms with Crippen LogP contribution in [0.1, 0.15) is 35.4 Å². The van der Waals surface area contributed by atoms with E-state index in [1.807, 2.05) is 0 Å². The van der Waals surface area contributed by atoms with E-state index in [0.29, 0.717) is 0 Å². The quantitative estimate of drug-likeness (QED) is 0.536. The predicted molar refractivity (Wildman–Crippen MR) is 90.8 cm³/mol. The molecule has 0 saturated heterocycles. The minimum Gasteiger partial charge on any atom is -0.0616 e. The lowest BCUT2D eigenvalue weighted by molar-refractivity contribution is 1.10. The van der Waals surface area contributed by atoms with Crippen LogP contribution in [0.4, 0.5) is 0 Å². The Hall–Kier alpha value is -2.08. The van der Waals surface area contributed by atoms with E-state index < -0.39 is 0 Å². The summed E-state index contributed by atoms with van der Waals surface area (Å²) in [5.41, 5.74) is 7.28. The number of hydrogen-bond acceptors (Lipinski definition) is 0. The van der Waals surface area contributed by atoms with E-state index in [1.54, 1.807) is 5.56 Å². The fourth-order valence-electron chi connectivity index (χ4n) is 3.55. The van der Waals surface area contributed by atoms with Gasteiger partial charge in [0, 0.05) is 0 Å². The molecule has 1 aliphatic rings. The highest BCUT2D eigenvalue weighted by molar-refractivity contribution is 5.99. The first-order valence-electron chi connectivity index (χ1n) is 7.84. The standard InChI is InChI=1S/C21H20/c1-14-6-5-9-19(20(14)17-12-13-17)21-15(2)10-11-16-7-3-4-8-18(16)21/h3-11,17H,12-13H2,1-2H3. The summed E-state index contributed by atoms with van der Waals surface area (Å²) >= 11 is 0. The Labute approximate surface area is 126 Å². The van der Waals surface area contributed by atoms with Gasteiger partial charge >= 0.3 is 0 Å². The smallest absolute Gasteiger partial charge is 0.00731 e. The molecule has 1 fully saturated rings. The molecular weight excluding hydrogens is 252 g/mol. The third-order valence-electron chi connectivity index (χ3n) is 4.72. The van der Waals surface area contributed by atoms with Crippen LogP contribution in [0.5, 0.6) is 0 Å². The molecule has 0 aromatic heterocycles. The number of fused-ring (bicyclic) bond motifs is 1.